The van der Waals surface area contributed by atoms with E-state index in [0.29, 0.717) is 24.4 Å². The highest BCUT2D eigenvalue weighted by molar-refractivity contribution is 4.93. The van der Waals surface area contributed by atoms with Crippen LogP contribution in [0.5, 0.6) is 0 Å². The number of rotatable bonds is 6. The van der Waals surface area contributed by atoms with E-state index >= 15 is 0 Å². The lowest BCUT2D eigenvalue weighted by molar-refractivity contribution is 0.0886. The van der Waals surface area contributed by atoms with E-state index in [1.165, 1.54) is 12.8 Å². The van der Waals surface area contributed by atoms with Gasteiger partial charge in [-0.1, -0.05) is 47.5 Å². The van der Waals surface area contributed by atoms with Crippen LogP contribution >= 0.6 is 0 Å². The quantitative estimate of drug-likeness (QED) is 0.762. The third-order valence-electron chi connectivity index (χ3n) is 4.82. The molecule has 0 heterocycles. The molecular weight excluding hydrogens is 222 g/mol. The van der Waals surface area contributed by atoms with E-state index in [-0.39, 0.29) is 5.54 Å². The predicted molar refractivity (Wildman–Crippen MR) is 78.6 cm³/mol. The Morgan fingerprint density at radius 3 is 2.28 bits per heavy atom. The molecule has 1 rings (SSSR count). The van der Waals surface area contributed by atoms with Crippen LogP contribution in [-0.4, -0.2) is 23.8 Å². The largest absolute Gasteiger partial charge is 0.394 e. The zero-order chi connectivity index (χ0) is 13.8. The Bertz CT molecular complexity index is 231. The summed E-state index contributed by atoms with van der Waals surface area (Å²) < 4.78 is 0. The third-order valence-corrected chi connectivity index (χ3v) is 4.82. The molecule has 0 spiro atoms. The summed E-state index contributed by atoms with van der Waals surface area (Å²) >= 11 is 0. The molecule has 0 saturated heterocycles. The summed E-state index contributed by atoms with van der Waals surface area (Å²) in [7, 11) is 0. The number of nitrogens with one attached hydrogen (secondary N) is 1. The molecule has 0 aliphatic heterocycles. The fraction of sp³-hybridized carbons (Fsp3) is 1.00. The first-order chi connectivity index (χ1) is 8.40. The van der Waals surface area contributed by atoms with Gasteiger partial charge in [-0.05, 0) is 43.1 Å². The average Bonchev–Trinajstić information content (AvgIpc) is 2.28. The van der Waals surface area contributed by atoms with E-state index in [4.69, 9.17) is 0 Å². The average molecular weight is 255 g/mol. The van der Waals surface area contributed by atoms with E-state index in [0.717, 1.165) is 25.3 Å². The Morgan fingerprint density at radius 2 is 1.83 bits per heavy atom. The molecular formula is C16H33NO. The molecule has 1 aliphatic carbocycles. The smallest absolute Gasteiger partial charge is 0.0613 e. The van der Waals surface area contributed by atoms with Crippen LogP contribution < -0.4 is 5.32 Å². The molecule has 0 radical (unpaired) electrons. The number of hydrogen-bond donors (Lipinski definition) is 2. The minimum absolute atomic E-state index is 0.000301. The Morgan fingerprint density at radius 1 is 1.22 bits per heavy atom. The molecule has 2 unspecified atom stereocenters. The highest BCUT2D eigenvalue weighted by Crippen LogP contribution is 2.32. The van der Waals surface area contributed by atoms with Crippen LogP contribution in [0, 0.1) is 23.7 Å². The van der Waals surface area contributed by atoms with Gasteiger partial charge in [-0.25, -0.2) is 0 Å². The predicted octanol–water partition coefficient (Wildman–Crippen LogP) is 3.45. The van der Waals surface area contributed by atoms with Crippen molar-refractivity contribution in [3.05, 3.63) is 0 Å². The summed E-state index contributed by atoms with van der Waals surface area (Å²) in [4.78, 5) is 0. The van der Waals surface area contributed by atoms with E-state index in [1.807, 2.05) is 0 Å². The van der Waals surface area contributed by atoms with Crippen LogP contribution in [0.3, 0.4) is 0 Å². The third kappa shape index (κ3) is 4.24. The summed E-state index contributed by atoms with van der Waals surface area (Å²) in [5.41, 5.74) is -0.000301. The second kappa shape index (κ2) is 6.91. The van der Waals surface area contributed by atoms with Gasteiger partial charge in [-0.15, -0.1) is 0 Å². The maximum atomic E-state index is 9.79. The monoisotopic (exact) mass is 255 g/mol. The first-order valence-electron chi connectivity index (χ1n) is 7.76. The zero-order valence-corrected chi connectivity index (χ0v) is 13.0. The molecule has 1 fully saturated rings. The van der Waals surface area contributed by atoms with Crippen LogP contribution in [0.1, 0.15) is 60.3 Å². The summed E-state index contributed by atoms with van der Waals surface area (Å²) in [5, 5.41) is 13.5. The summed E-state index contributed by atoms with van der Waals surface area (Å²) in [5.74, 6) is 2.85. The fourth-order valence-corrected chi connectivity index (χ4v) is 3.60. The second-order valence-corrected chi connectivity index (χ2v) is 7.17. The summed E-state index contributed by atoms with van der Waals surface area (Å²) in [6.07, 6.45) is 4.84. The number of hydrogen-bond acceptors (Lipinski definition) is 2. The first-order valence-corrected chi connectivity index (χ1v) is 7.76. The molecule has 0 aromatic carbocycles. The SMILES string of the molecule is CC1CCCC(CO)(NCC(C(C)C)C(C)C)C1. The van der Waals surface area contributed by atoms with Crippen molar-refractivity contribution in [1.29, 1.82) is 0 Å². The van der Waals surface area contributed by atoms with Crippen LogP contribution in [0.15, 0.2) is 0 Å². The van der Waals surface area contributed by atoms with Gasteiger partial charge in [0.2, 0.25) is 0 Å². The molecule has 0 bridgehead atoms. The van der Waals surface area contributed by atoms with Crippen LogP contribution in [0.2, 0.25) is 0 Å². The van der Waals surface area contributed by atoms with Crippen molar-refractivity contribution in [3.8, 4) is 0 Å². The first kappa shape index (κ1) is 16.0. The van der Waals surface area contributed by atoms with E-state index in [9.17, 15) is 5.11 Å². The van der Waals surface area contributed by atoms with Crippen molar-refractivity contribution in [2.24, 2.45) is 23.7 Å². The molecule has 0 aromatic heterocycles. The second-order valence-electron chi connectivity index (χ2n) is 7.17. The molecule has 0 amide bonds. The van der Waals surface area contributed by atoms with E-state index in [1.54, 1.807) is 0 Å². The normalized spacial score (nSPS) is 29.5. The van der Waals surface area contributed by atoms with Crippen LogP contribution in [-0.2, 0) is 0 Å². The molecule has 18 heavy (non-hydrogen) atoms. The highest BCUT2D eigenvalue weighted by atomic mass is 16.3. The molecule has 2 heteroatoms. The lowest BCUT2D eigenvalue weighted by atomic mass is 9.76. The zero-order valence-electron chi connectivity index (χ0n) is 13.0. The maximum Gasteiger partial charge on any atom is 0.0613 e. The molecule has 2 atom stereocenters. The van der Waals surface area contributed by atoms with Gasteiger partial charge in [0.25, 0.3) is 0 Å². The van der Waals surface area contributed by atoms with E-state index in [2.05, 4.69) is 39.9 Å². The van der Waals surface area contributed by atoms with Crippen molar-refractivity contribution in [3.63, 3.8) is 0 Å². The van der Waals surface area contributed by atoms with Gasteiger partial charge in [-0.3, -0.25) is 0 Å². The van der Waals surface area contributed by atoms with Crippen LogP contribution in [0.25, 0.3) is 0 Å². The highest BCUT2D eigenvalue weighted by Gasteiger charge is 2.34. The summed E-state index contributed by atoms with van der Waals surface area (Å²) in [6, 6.07) is 0. The molecule has 0 aromatic rings. The van der Waals surface area contributed by atoms with Gasteiger partial charge in [0.15, 0.2) is 0 Å². The Balaban J connectivity index is 2.57. The molecule has 1 saturated carbocycles. The van der Waals surface area contributed by atoms with Crippen molar-refractivity contribution < 1.29 is 5.11 Å². The lowest BCUT2D eigenvalue weighted by Gasteiger charge is -2.41. The van der Waals surface area contributed by atoms with Gasteiger partial charge in [0.05, 0.1) is 6.61 Å². The maximum absolute atomic E-state index is 9.79. The fourth-order valence-electron chi connectivity index (χ4n) is 3.60. The van der Waals surface area contributed by atoms with Gasteiger partial charge < -0.3 is 10.4 Å². The van der Waals surface area contributed by atoms with Gasteiger partial charge in [0, 0.05) is 5.54 Å². The van der Waals surface area contributed by atoms with Crippen molar-refractivity contribution >= 4 is 0 Å². The molecule has 1 aliphatic rings. The molecule has 108 valence electrons. The van der Waals surface area contributed by atoms with Crippen molar-refractivity contribution in [1.82, 2.24) is 5.32 Å². The van der Waals surface area contributed by atoms with Gasteiger partial charge >= 0.3 is 0 Å². The number of aliphatic hydroxyl groups is 1. The Labute approximate surface area is 114 Å². The van der Waals surface area contributed by atoms with Gasteiger partial charge in [-0.2, -0.15) is 0 Å². The lowest BCUT2D eigenvalue weighted by Crippen LogP contribution is -2.53. The van der Waals surface area contributed by atoms with Crippen molar-refractivity contribution in [2.75, 3.05) is 13.2 Å². The van der Waals surface area contributed by atoms with Gasteiger partial charge in [0.1, 0.15) is 0 Å². The van der Waals surface area contributed by atoms with E-state index < -0.39 is 0 Å². The topological polar surface area (TPSA) is 32.3 Å². The molecule has 2 N–H and O–H groups in total. The van der Waals surface area contributed by atoms with Crippen molar-refractivity contribution in [2.45, 2.75) is 65.8 Å². The minimum atomic E-state index is -0.000301. The van der Waals surface area contributed by atoms with Crippen LogP contribution in [0.4, 0.5) is 0 Å². The Kier molecular flexibility index (Phi) is 6.13. The summed E-state index contributed by atoms with van der Waals surface area (Å²) in [6.45, 7) is 12.9. The molecule has 2 nitrogen and oxygen atoms in total. The number of aliphatic hydroxyl groups excluding tert-OH is 1. The minimum Gasteiger partial charge on any atom is -0.394 e. The Hall–Kier alpha value is -0.0800. The standard InChI is InChI=1S/C16H33NO/c1-12(2)15(13(3)4)10-17-16(11-18)8-6-7-14(5)9-16/h12-15,17-18H,6-11H2,1-5H3.